The highest BCUT2D eigenvalue weighted by molar-refractivity contribution is 6.34. The van der Waals surface area contributed by atoms with Gasteiger partial charge in [-0.3, -0.25) is 0 Å². The molecule has 0 aromatic heterocycles. The van der Waals surface area contributed by atoms with E-state index in [0.717, 1.165) is 19.6 Å². The first-order valence-electron chi connectivity index (χ1n) is 6.08. The number of rotatable bonds is 7. The Morgan fingerprint density at radius 3 is 2.61 bits per heavy atom. The predicted molar refractivity (Wildman–Crippen MR) is 74.7 cm³/mol. The normalized spacial score (nSPS) is 10.7. The molecule has 0 saturated carbocycles. The van der Waals surface area contributed by atoms with Crippen molar-refractivity contribution in [3.8, 4) is 0 Å². The highest BCUT2D eigenvalue weighted by Crippen LogP contribution is 2.24. The molecule has 2 N–H and O–H groups in total. The summed E-state index contributed by atoms with van der Waals surface area (Å²) in [6.07, 6.45) is 0. The summed E-state index contributed by atoms with van der Waals surface area (Å²) >= 11 is 5.89. The summed E-state index contributed by atoms with van der Waals surface area (Å²) < 4.78 is 0. The maximum absolute atomic E-state index is 11.1. The second kappa shape index (κ2) is 7.24. The van der Waals surface area contributed by atoms with Gasteiger partial charge in [0.05, 0.1) is 10.7 Å². The fourth-order valence-electron chi connectivity index (χ4n) is 1.78. The van der Waals surface area contributed by atoms with Crippen LogP contribution in [0.3, 0.4) is 0 Å². The smallest absolute Gasteiger partial charge is 0.339 e. The van der Waals surface area contributed by atoms with E-state index in [0.29, 0.717) is 12.2 Å². The molecule has 18 heavy (non-hydrogen) atoms. The van der Waals surface area contributed by atoms with Crippen molar-refractivity contribution >= 4 is 23.3 Å². The van der Waals surface area contributed by atoms with Gasteiger partial charge in [-0.1, -0.05) is 31.5 Å². The van der Waals surface area contributed by atoms with Crippen LogP contribution in [-0.2, 0) is 0 Å². The van der Waals surface area contributed by atoms with E-state index in [1.807, 2.05) is 0 Å². The monoisotopic (exact) mass is 270 g/mol. The number of likely N-dealkylation sites (N-methyl/N-ethyl adjacent to an activating group) is 1. The fourth-order valence-corrected chi connectivity index (χ4v) is 2.03. The van der Waals surface area contributed by atoms with Crippen LogP contribution < -0.4 is 5.32 Å². The van der Waals surface area contributed by atoms with Gasteiger partial charge < -0.3 is 15.3 Å². The third-order valence-corrected chi connectivity index (χ3v) is 3.18. The third kappa shape index (κ3) is 3.89. The van der Waals surface area contributed by atoms with Crippen molar-refractivity contribution < 1.29 is 9.90 Å². The summed E-state index contributed by atoms with van der Waals surface area (Å²) in [5.74, 6) is -1.01. The van der Waals surface area contributed by atoms with Crippen LogP contribution in [0.15, 0.2) is 18.2 Å². The Morgan fingerprint density at radius 2 is 2.06 bits per heavy atom. The molecule has 5 heteroatoms. The average Bonchev–Trinajstić information content (AvgIpc) is 2.34. The molecule has 0 saturated heterocycles. The first kappa shape index (κ1) is 14.8. The first-order valence-corrected chi connectivity index (χ1v) is 6.46. The van der Waals surface area contributed by atoms with Gasteiger partial charge in [-0.25, -0.2) is 4.79 Å². The summed E-state index contributed by atoms with van der Waals surface area (Å²) in [4.78, 5) is 13.4. The maximum atomic E-state index is 11.1. The molecule has 0 aliphatic carbocycles. The number of hydrogen-bond acceptors (Lipinski definition) is 3. The minimum Gasteiger partial charge on any atom is -0.478 e. The molecule has 0 heterocycles. The Hall–Kier alpha value is -1.26. The van der Waals surface area contributed by atoms with E-state index in [9.17, 15) is 4.79 Å². The van der Waals surface area contributed by atoms with E-state index in [2.05, 4.69) is 24.1 Å². The van der Waals surface area contributed by atoms with Crippen LogP contribution in [0.5, 0.6) is 0 Å². The lowest BCUT2D eigenvalue weighted by Crippen LogP contribution is -2.28. The van der Waals surface area contributed by atoms with Crippen molar-refractivity contribution in [1.29, 1.82) is 0 Å². The minimum absolute atomic E-state index is 0.138. The lowest BCUT2D eigenvalue weighted by Gasteiger charge is -2.19. The van der Waals surface area contributed by atoms with Crippen LogP contribution in [0.25, 0.3) is 0 Å². The second-order valence-corrected chi connectivity index (χ2v) is 4.33. The number of nitrogens with one attached hydrogen (secondary N) is 1. The Morgan fingerprint density at radius 1 is 1.39 bits per heavy atom. The van der Waals surface area contributed by atoms with Crippen molar-refractivity contribution in [3.63, 3.8) is 0 Å². The van der Waals surface area contributed by atoms with Gasteiger partial charge in [-0.15, -0.1) is 0 Å². The van der Waals surface area contributed by atoms with Crippen LogP contribution in [-0.4, -0.2) is 42.2 Å². The van der Waals surface area contributed by atoms with E-state index in [1.54, 1.807) is 18.2 Å². The van der Waals surface area contributed by atoms with Crippen molar-refractivity contribution in [2.75, 3.05) is 31.5 Å². The molecule has 1 aromatic rings. The number of carbonyl (C=O) groups is 1. The quantitative estimate of drug-likeness (QED) is 0.800. The van der Waals surface area contributed by atoms with Crippen molar-refractivity contribution in [2.45, 2.75) is 13.8 Å². The predicted octanol–water partition coefficient (Wildman–Crippen LogP) is 2.79. The summed E-state index contributed by atoms with van der Waals surface area (Å²) in [7, 11) is 0. The summed E-state index contributed by atoms with van der Waals surface area (Å²) in [6.45, 7) is 7.75. The second-order valence-electron chi connectivity index (χ2n) is 3.92. The Bertz CT molecular complexity index is 406. The van der Waals surface area contributed by atoms with Crippen LogP contribution in [0.1, 0.15) is 24.2 Å². The highest BCUT2D eigenvalue weighted by atomic mass is 35.5. The van der Waals surface area contributed by atoms with E-state index < -0.39 is 5.97 Å². The highest BCUT2D eigenvalue weighted by Gasteiger charge is 2.13. The summed E-state index contributed by atoms with van der Waals surface area (Å²) in [5.41, 5.74) is 0.709. The SMILES string of the molecule is CCN(CC)CCNc1cccc(Cl)c1C(=O)O. The number of halogens is 1. The molecule has 4 nitrogen and oxygen atoms in total. The van der Waals surface area contributed by atoms with Gasteiger partial charge in [0, 0.05) is 13.1 Å². The molecule has 0 fully saturated rings. The van der Waals surface area contributed by atoms with Gasteiger partial charge in [-0.05, 0) is 25.2 Å². The molecule has 0 spiro atoms. The molecule has 0 unspecified atom stereocenters. The Balaban J connectivity index is 2.67. The van der Waals surface area contributed by atoms with Gasteiger partial charge in [0.25, 0.3) is 0 Å². The van der Waals surface area contributed by atoms with E-state index in [1.165, 1.54) is 0 Å². The molecular weight excluding hydrogens is 252 g/mol. The fraction of sp³-hybridized carbons (Fsp3) is 0.462. The largest absolute Gasteiger partial charge is 0.478 e. The summed E-state index contributed by atoms with van der Waals surface area (Å²) in [6, 6.07) is 5.06. The number of aromatic carboxylic acids is 1. The number of benzene rings is 1. The van der Waals surface area contributed by atoms with Crippen molar-refractivity contribution in [1.82, 2.24) is 4.90 Å². The number of hydrogen-bond donors (Lipinski definition) is 2. The number of nitrogens with zero attached hydrogens (tertiary/aromatic N) is 1. The summed E-state index contributed by atoms with van der Waals surface area (Å²) in [5, 5.41) is 12.5. The van der Waals surface area contributed by atoms with Gasteiger partial charge >= 0.3 is 5.97 Å². The number of carboxylic acid groups (broad SMARTS) is 1. The number of carboxylic acids is 1. The van der Waals surface area contributed by atoms with Gasteiger partial charge in [0.15, 0.2) is 0 Å². The molecular formula is C13H19ClN2O2. The van der Waals surface area contributed by atoms with Crippen LogP contribution in [0.2, 0.25) is 5.02 Å². The first-order chi connectivity index (χ1) is 8.60. The molecule has 0 aliphatic rings. The van der Waals surface area contributed by atoms with Gasteiger partial charge in [-0.2, -0.15) is 0 Å². The zero-order valence-corrected chi connectivity index (χ0v) is 11.5. The molecule has 0 radical (unpaired) electrons. The molecule has 1 aromatic carbocycles. The van der Waals surface area contributed by atoms with E-state index in [4.69, 9.17) is 16.7 Å². The van der Waals surface area contributed by atoms with Crippen LogP contribution in [0, 0.1) is 0 Å². The lowest BCUT2D eigenvalue weighted by molar-refractivity contribution is 0.0698. The van der Waals surface area contributed by atoms with E-state index >= 15 is 0 Å². The Kier molecular flexibility index (Phi) is 5.95. The zero-order chi connectivity index (χ0) is 13.5. The minimum atomic E-state index is -1.01. The van der Waals surface area contributed by atoms with Gasteiger partial charge in [0.2, 0.25) is 0 Å². The topological polar surface area (TPSA) is 52.6 Å². The standard InChI is InChI=1S/C13H19ClN2O2/c1-3-16(4-2)9-8-15-11-7-5-6-10(14)12(11)13(17)18/h5-7,15H,3-4,8-9H2,1-2H3,(H,17,18). The van der Waals surface area contributed by atoms with Crippen molar-refractivity contribution in [3.05, 3.63) is 28.8 Å². The molecule has 0 aliphatic heterocycles. The lowest BCUT2D eigenvalue weighted by atomic mass is 10.2. The van der Waals surface area contributed by atoms with Crippen LogP contribution >= 0.6 is 11.6 Å². The molecule has 0 amide bonds. The molecule has 0 bridgehead atoms. The molecule has 100 valence electrons. The molecule has 0 atom stereocenters. The molecule has 1 rings (SSSR count). The van der Waals surface area contributed by atoms with Gasteiger partial charge in [0.1, 0.15) is 5.56 Å². The number of anilines is 1. The van der Waals surface area contributed by atoms with Crippen molar-refractivity contribution in [2.24, 2.45) is 0 Å². The average molecular weight is 271 g/mol. The maximum Gasteiger partial charge on any atom is 0.339 e. The zero-order valence-electron chi connectivity index (χ0n) is 10.7. The third-order valence-electron chi connectivity index (χ3n) is 2.87. The van der Waals surface area contributed by atoms with Crippen LogP contribution in [0.4, 0.5) is 5.69 Å². The van der Waals surface area contributed by atoms with E-state index in [-0.39, 0.29) is 10.6 Å². The Labute approximate surface area is 113 Å².